The molecule has 0 saturated carbocycles. The normalized spacial score (nSPS) is 12.3. The minimum atomic E-state index is 0.782. The maximum atomic E-state index is 4.20. The van der Waals surface area contributed by atoms with Crippen molar-refractivity contribution in [1.82, 2.24) is 15.5 Å². The molecule has 0 rings (SSSR count). The van der Waals surface area contributed by atoms with E-state index < -0.39 is 0 Å². The molecule has 4 heteroatoms. The van der Waals surface area contributed by atoms with E-state index >= 15 is 0 Å². The predicted octanol–water partition coefficient (Wildman–Crippen LogP) is 1.54. The van der Waals surface area contributed by atoms with Crippen LogP contribution in [0.5, 0.6) is 0 Å². The molecule has 0 heterocycles. The van der Waals surface area contributed by atoms with Gasteiger partial charge in [-0.1, -0.05) is 20.8 Å². The summed E-state index contributed by atoms with van der Waals surface area (Å²) in [5, 5.41) is 6.66. The summed E-state index contributed by atoms with van der Waals surface area (Å²) < 4.78 is 0. The van der Waals surface area contributed by atoms with Gasteiger partial charge in [0.2, 0.25) is 0 Å². The van der Waals surface area contributed by atoms with Crippen LogP contribution in [0.2, 0.25) is 0 Å². The molecule has 4 nitrogen and oxygen atoms in total. The first-order valence-corrected chi connectivity index (χ1v) is 6.73. The van der Waals surface area contributed by atoms with Crippen molar-refractivity contribution in [3.63, 3.8) is 0 Å². The van der Waals surface area contributed by atoms with Gasteiger partial charge in [-0.3, -0.25) is 4.99 Å². The molecule has 0 atom stereocenters. The number of rotatable bonds is 8. The molecule has 17 heavy (non-hydrogen) atoms. The average Bonchev–Trinajstić information content (AvgIpc) is 2.31. The number of nitrogens with one attached hydrogen (secondary N) is 2. The maximum Gasteiger partial charge on any atom is 0.191 e. The molecule has 0 aromatic rings. The third kappa shape index (κ3) is 10.1. The van der Waals surface area contributed by atoms with Gasteiger partial charge in [0.25, 0.3) is 0 Å². The summed E-state index contributed by atoms with van der Waals surface area (Å²) >= 11 is 0. The second-order valence-corrected chi connectivity index (χ2v) is 4.86. The number of likely N-dealkylation sites (N-methyl/N-ethyl adjacent to an activating group) is 1. The number of guanidine groups is 1. The van der Waals surface area contributed by atoms with Crippen LogP contribution >= 0.6 is 0 Å². The predicted molar refractivity (Wildman–Crippen MR) is 76.6 cm³/mol. The van der Waals surface area contributed by atoms with Crippen LogP contribution in [-0.2, 0) is 0 Å². The second kappa shape index (κ2) is 10.4. The Bertz CT molecular complexity index is 202. The number of hydrogen-bond acceptors (Lipinski definition) is 2. The Labute approximate surface area is 107 Å². The van der Waals surface area contributed by atoms with Crippen LogP contribution in [0, 0.1) is 5.92 Å². The lowest BCUT2D eigenvalue weighted by atomic mass is 10.1. The van der Waals surface area contributed by atoms with Crippen LogP contribution in [0.4, 0.5) is 0 Å². The molecule has 0 aliphatic carbocycles. The Morgan fingerprint density at radius 3 is 2.41 bits per heavy atom. The van der Waals surface area contributed by atoms with E-state index in [1.807, 2.05) is 7.05 Å². The Balaban J connectivity index is 3.57. The van der Waals surface area contributed by atoms with Crippen molar-refractivity contribution in [2.45, 2.75) is 33.6 Å². The van der Waals surface area contributed by atoms with Crippen LogP contribution in [0.3, 0.4) is 0 Å². The summed E-state index contributed by atoms with van der Waals surface area (Å²) in [6.45, 7) is 10.8. The van der Waals surface area contributed by atoms with Gasteiger partial charge in [-0.2, -0.15) is 0 Å². The monoisotopic (exact) mass is 242 g/mol. The standard InChI is InChI=1S/C13H30N4/c1-6-17(5)11-10-16-13(14-4)15-9-7-8-12(2)3/h12H,6-11H2,1-5H3,(H2,14,15,16). The Morgan fingerprint density at radius 2 is 1.88 bits per heavy atom. The van der Waals surface area contributed by atoms with Gasteiger partial charge in [0, 0.05) is 26.7 Å². The quantitative estimate of drug-likeness (QED) is 0.385. The number of nitrogens with zero attached hydrogens (tertiary/aromatic N) is 2. The molecule has 0 bridgehead atoms. The van der Waals surface area contributed by atoms with Crippen molar-refractivity contribution in [1.29, 1.82) is 0 Å². The van der Waals surface area contributed by atoms with Crippen LogP contribution in [0.25, 0.3) is 0 Å². The summed E-state index contributed by atoms with van der Waals surface area (Å²) in [5.41, 5.74) is 0. The molecule has 102 valence electrons. The van der Waals surface area contributed by atoms with Crippen molar-refractivity contribution >= 4 is 5.96 Å². The van der Waals surface area contributed by atoms with Crippen molar-refractivity contribution < 1.29 is 0 Å². The Morgan fingerprint density at radius 1 is 1.24 bits per heavy atom. The second-order valence-electron chi connectivity index (χ2n) is 4.86. The van der Waals surface area contributed by atoms with Gasteiger partial charge in [0.15, 0.2) is 5.96 Å². The molecule has 0 fully saturated rings. The lowest BCUT2D eigenvalue weighted by Gasteiger charge is -2.16. The molecular formula is C13H30N4. The van der Waals surface area contributed by atoms with Crippen LogP contribution in [0.15, 0.2) is 4.99 Å². The van der Waals surface area contributed by atoms with Crippen LogP contribution in [0.1, 0.15) is 33.6 Å². The zero-order chi connectivity index (χ0) is 13.1. The highest BCUT2D eigenvalue weighted by atomic mass is 15.2. The molecule has 0 aromatic heterocycles. The summed E-state index contributed by atoms with van der Waals surface area (Å²) in [5.74, 6) is 1.70. The van der Waals surface area contributed by atoms with Crippen LogP contribution in [-0.4, -0.2) is 51.1 Å². The summed E-state index contributed by atoms with van der Waals surface area (Å²) in [6, 6.07) is 0. The van der Waals surface area contributed by atoms with Gasteiger partial charge >= 0.3 is 0 Å². The fourth-order valence-electron chi connectivity index (χ4n) is 1.46. The van der Waals surface area contributed by atoms with Crippen molar-refractivity contribution in [2.75, 3.05) is 40.3 Å². The SMILES string of the molecule is CCN(C)CCNC(=NC)NCCCC(C)C. The Kier molecular flexibility index (Phi) is 9.92. The summed E-state index contributed by atoms with van der Waals surface area (Å²) in [4.78, 5) is 6.48. The fourth-order valence-corrected chi connectivity index (χ4v) is 1.46. The topological polar surface area (TPSA) is 39.7 Å². The summed E-state index contributed by atoms with van der Waals surface area (Å²) in [7, 11) is 3.95. The van der Waals surface area contributed by atoms with Crippen LogP contribution < -0.4 is 10.6 Å². The third-order valence-electron chi connectivity index (χ3n) is 2.80. The van der Waals surface area contributed by atoms with E-state index in [-0.39, 0.29) is 0 Å². The van der Waals surface area contributed by atoms with Crippen molar-refractivity contribution in [2.24, 2.45) is 10.9 Å². The molecule has 0 aliphatic heterocycles. The zero-order valence-corrected chi connectivity index (χ0v) is 12.2. The van der Waals surface area contributed by atoms with E-state index in [0.717, 1.165) is 38.1 Å². The minimum absolute atomic E-state index is 0.782. The number of hydrogen-bond donors (Lipinski definition) is 2. The smallest absolute Gasteiger partial charge is 0.191 e. The fraction of sp³-hybridized carbons (Fsp3) is 0.923. The molecule has 0 aliphatic rings. The first-order chi connectivity index (χ1) is 8.10. The van der Waals surface area contributed by atoms with Crippen molar-refractivity contribution in [3.05, 3.63) is 0 Å². The van der Waals surface area contributed by atoms with Gasteiger partial charge in [0.05, 0.1) is 0 Å². The van der Waals surface area contributed by atoms with Crippen molar-refractivity contribution in [3.8, 4) is 0 Å². The van der Waals surface area contributed by atoms with Gasteiger partial charge < -0.3 is 15.5 Å². The number of aliphatic imine (C=N–C) groups is 1. The first-order valence-electron chi connectivity index (χ1n) is 6.73. The maximum absolute atomic E-state index is 4.20. The highest BCUT2D eigenvalue weighted by Crippen LogP contribution is 2.01. The van der Waals surface area contributed by atoms with Gasteiger partial charge in [-0.25, -0.2) is 0 Å². The average molecular weight is 242 g/mol. The van der Waals surface area contributed by atoms with E-state index in [4.69, 9.17) is 0 Å². The molecule has 0 spiro atoms. The van der Waals surface area contributed by atoms with E-state index in [2.05, 4.69) is 48.3 Å². The highest BCUT2D eigenvalue weighted by Gasteiger charge is 1.99. The first kappa shape index (κ1) is 16.2. The van der Waals surface area contributed by atoms with E-state index in [1.54, 1.807) is 0 Å². The summed E-state index contributed by atoms with van der Waals surface area (Å²) in [6.07, 6.45) is 2.47. The molecule has 0 saturated heterocycles. The molecule has 0 radical (unpaired) electrons. The lowest BCUT2D eigenvalue weighted by Crippen LogP contribution is -2.41. The van der Waals surface area contributed by atoms with Gasteiger partial charge in [-0.05, 0) is 32.4 Å². The molecule has 0 aromatic carbocycles. The lowest BCUT2D eigenvalue weighted by molar-refractivity contribution is 0.357. The van der Waals surface area contributed by atoms with E-state index in [0.29, 0.717) is 0 Å². The van der Waals surface area contributed by atoms with E-state index in [9.17, 15) is 0 Å². The largest absolute Gasteiger partial charge is 0.356 e. The minimum Gasteiger partial charge on any atom is -0.356 e. The van der Waals surface area contributed by atoms with E-state index in [1.165, 1.54) is 12.8 Å². The third-order valence-corrected chi connectivity index (χ3v) is 2.80. The molecule has 0 unspecified atom stereocenters. The highest BCUT2D eigenvalue weighted by molar-refractivity contribution is 5.79. The molecule has 0 amide bonds. The molecule has 2 N–H and O–H groups in total. The molecular weight excluding hydrogens is 212 g/mol. The Hall–Kier alpha value is -0.770. The van der Waals surface area contributed by atoms with Gasteiger partial charge in [-0.15, -0.1) is 0 Å². The van der Waals surface area contributed by atoms with Gasteiger partial charge in [0.1, 0.15) is 0 Å². The zero-order valence-electron chi connectivity index (χ0n) is 12.2.